The van der Waals surface area contributed by atoms with Crippen LogP contribution in [0.5, 0.6) is 11.5 Å². The molecule has 0 atom stereocenters. The minimum absolute atomic E-state index is 0.0305. The number of nitrogens with zero attached hydrogens (tertiary/aromatic N) is 2. The molecule has 4 rings (SSSR count). The fourth-order valence-corrected chi connectivity index (χ4v) is 4.51. The van der Waals surface area contributed by atoms with Gasteiger partial charge in [-0.25, -0.2) is 0 Å². The SMILES string of the molecule is CCOc1ccc(C(=O)N2CCN(c3cc(Cl)ccc3C)CC2)cc1COc1ccc(C)c(C)c1. The quantitative estimate of drug-likeness (QED) is 0.393. The summed E-state index contributed by atoms with van der Waals surface area (Å²) in [6, 6.07) is 17.6. The maximum absolute atomic E-state index is 13.3. The standard InChI is InChI=1S/C29H33ClN2O3/c1-5-34-28-11-8-23(17-24(28)19-35-26-10-7-20(2)22(4)16-26)29(33)32-14-12-31(13-15-32)27-18-25(30)9-6-21(27)3/h6-11,16-18H,5,12-15,19H2,1-4H3. The van der Waals surface area contributed by atoms with Crippen LogP contribution in [-0.4, -0.2) is 43.6 Å². The van der Waals surface area contributed by atoms with Crippen LogP contribution in [-0.2, 0) is 6.61 Å². The van der Waals surface area contributed by atoms with Crippen molar-refractivity contribution in [2.24, 2.45) is 0 Å². The van der Waals surface area contributed by atoms with E-state index in [0.717, 1.165) is 40.9 Å². The average molecular weight is 493 g/mol. The second-order valence-corrected chi connectivity index (χ2v) is 9.44. The van der Waals surface area contributed by atoms with Gasteiger partial charge in [0.15, 0.2) is 0 Å². The van der Waals surface area contributed by atoms with Gasteiger partial charge < -0.3 is 19.3 Å². The molecule has 35 heavy (non-hydrogen) atoms. The van der Waals surface area contributed by atoms with Crippen molar-refractivity contribution in [1.29, 1.82) is 0 Å². The molecule has 1 aliphatic heterocycles. The monoisotopic (exact) mass is 492 g/mol. The van der Waals surface area contributed by atoms with Gasteiger partial charge in [-0.1, -0.05) is 23.7 Å². The lowest BCUT2D eigenvalue weighted by molar-refractivity contribution is 0.0746. The Bertz CT molecular complexity index is 1200. The van der Waals surface area contributed by atoms with Crippen molar-refractivity contribution in [3.8, 4) is 11.5 Å². The predicted molar refractivity (Wildman–Crippen MR) is 142 cm³/mol. The van der Waals surface area contributed by atoms with E-state index in [9.17, 15) is 4.79 Å². The first-order valence-electron chi connectivity index (χ1n) is 12.1. The number of ether oxygens (including phenoxy) is 2. The number of anilines is 1. The normalized spacial score (nSPS) is 13.6. The zero-order chi connectivity index (χ0) is 24.9. The Morgan fingerprint density at radius 1 is 0.857 bits per heavy atom. The molecule has 184 valence electrons. The number of piperazine rings is 1. The topological polar surface area (TPSA) is 42.0 Å². The van der Waals surface area contributed by atoms with E-state index in [1.54, 1.807) is 0 Å². The lowest BCUT2D eigenvalue weighted by Gasteiger charge is -2.37. The summed E-state index contributed by atoms with van der Waals surface area (Å²) >= 11 is 6.21. The number of hydrogen-bond donors (Lipinski definition) is 0. The largest absolute Gasteiger partial charge is 0.493 e. The highest BCUT2D eigenvalue weighted by molar-refractivity contribution is 6.30. The minimum atomic E-state index is 0.0305. The molecule has 0 saturated carbocycles. The Balaban J connectivity index is 1.45. The number of carbonyl (C=O) groups is 1. The molecule has 1 heterocycles. The van der Waals surface area contributed by atoms with Gasteiger partial charge in [-0.05, 0) is 86.8 Å². The van der Waals surface area contributed by atoms with Gasteiger partial charge in [-0.15, -0.1) is 0 Å². The molecule has 0 bridgehead atoms. The third kappa shape index (κ3) is 5.91. The number of amides is 1. The molecule has 3 aromatic rings. The molecule has 0 unspecified atom stereocenters. The van der Waals surface area contributed by atoms with E-state index in [1.807, 2.05) is 60.4 Å². The van der Waals surface area contributed by atoms with E-state index in [0.29, 0.717) is 31.9 Å². The number of hydrogen-bond acceptors (Lipinski definition) is 4. The summed E-state index contributed by atoms with van der Waals surface area (Å²) in [5.74, 6) is 1.58. The van der Waals surface area contributed by atoms with Gasteiger partial charge in [0.1, 0.15) is 18.1 Å². The van der Waals surface area contributed by atoms with Crippen molar-refractivity contribution in [2.45, 2.75) is 34.3 Å². The lowest BCUT2D eigenvalue weighted by atomic mass is 10.1. The van der Waals surface area contributed by atoms with Crippen molar-refractivity contribution >= 4 is 23.2 Å². The second-order valence-electron chi connectivity index (χ2n) is 9.00. The third-order valence-corrected chi connectivity index (χ3v) is 6.79. The fraction of sp³-hybridized carbons (Fsp3) is 0.345. The van der Waals surface area contributed by atoms with Crippen LogP contribution in [0.3, 0.4) is 0 Å². The average Bonchev–Trinajstić information content (AvgIpc) is 2.86. The Hall–Kier alpha value is -3.18. The van der Waals surface area contributed by atoms with E-state index in [4.69, 9.17) is 21.1 Å². The van der Waals surface area contributed by atoms with Crippen molar-refractivity contribution in [3.05, 3.63) is 87.4 Å². The molecule has 3 aromatic carbocycles. The van der Waals surface area contributed by atoms with Crippen LogP contribution >= 0.6 is 11.6 Å². The van der Waals surface area contributed by atoms with E-state index in [1.165, 1.54) is 16.7 Å². The molecule has 0 radical (unpaired) electrons. The molecule has 0 aromatic heterocycles. The first-order chi connectivity index (χ1) is 16.9. The van der Waals surface area contributed by atoms with Gasteiger partial charge in [0.25, 0.3) is 5.91 Å². The summed E-state index contributed by atoms with van der Waals surface area (Å²) in [5, 5.41) is 0.731. The number of halogens is 1. The highest BCUT2D eigenvalue weighted by Crippen LogP contribution is 2.27. The Kier molecular flexibility index (Phi) is 7.86. The number of aryl methyl sites for hydroxylation is 3. The Morgan fingerprint density at radius 3 is 2.31 bits per heavy atom. The summed E-state index contributed by atoms with van der Waals surface area (Å²) in [7, 11) is 0. The first kappa shape index (κ1) is 24.9. The van der Waals surface area contributed by atoms with Gasteiger partial charge in [0.2, 0.25) is 0 Å². The van der Waals surface area contributed by atoms with Crippen LogP contribution < -0.4 is 14.4 Å². The molecule has 0 N–H and O–H groups in total. The molecule has 5 nitrogen and oxygen atoms in total. The Labute approximate surface area is 213 Å². The van der Waals surface area contributed by atoms with Gasteiger partial charge >= 0.3 is 0 Å². The van der Waals surface area contributed by atoms with Crippen molar-refractivity contribution in [3.63, 3.8) is 0 Å². The van der Waals surface area contributed by atoms with Gasteiger partial charge in [0.05, 0.1) is 6.61 Å². The Morgan fingerprint density at radius 2 is 1.60 bits per heavy atom. The van der Waals surface area contributed by atoms with Crippen LogP contribution in [0.2, 0.25) is 5.02 Å². The summed E-state index contributed by atoms with van der Waals surface area (Å²) in [6.07, 6.45) is 0. The minimum Gasteiger partial charge on any atom is -0.493 e. The summed E-state index contributed by atoms with van der Waals surface area (Å²) in [6.45, 7) is 11.9. The maximum atomic E-state index is 13.3. The molecule has 6 heteroatoms. The van der Waals surface area contributed by atoms with Crippen molar-refractivity contribution in [2.75, 3.05) is 37.7 Å². The highest BCUT2D eigenvalue weighted by Gasteiger charge is 2.24. The second kappa shape index (κ2) is 11.0. The maximum Gasteiger partial charge on any atom is 0.253 e. The molecular formula is C29H33ClN2O3. The van der Waals surface area contributed by atoms with E-state index in [-0.39, 0.29) is 5.91 Å². The van der Waals surface area contributed by atoms with Gasteiger partial charge in [-0.3, -0.25) is 4.79 Å². The zero-order valence-corrected chi connectivity index (χ0v) is 21.7. The zero-order valence-electron chi connectivity index (χ0n) is 20.9. The molecule has 1 aliphatic rings. The fourth-order valence-electron chi connectivity index (χ4n) is 4.34. The molecule has 1 amide bonds. The molecule has 0 spiro atoms. The van der Waals surface area contributed by atoms with Crippen LogP contribution in [0.1, 0.15) is 39.5 Å². The van der Waals surface area contributed by atoms with E-state index < -0.39 is 0 Å². The van der Waals surface area contributed by atoms with Gasteiger partial charge in [-0.2, -0.15) is 0 Å². The first-order valence-corrected chi connectivity index (χ1v) is 12.5. The lowest BCUT2D eigenvalue weighted by Crippen LogP contribution is -2.49. The number of benzene rings is 3. The molecular weight excluding hydrogens is 460 g/mol. The van der Waals surface area contributed by atoms with Crippen molar-refractivity contribution < 1.29 is 14.3 Å². The molecule has 1 fully saturated rings. The third-order valence-electron chi connectivity index (χ3n) is 6.56. The van der Waals surface area contributed by atoms with Crippen LogP contribution in [0.4, 0.5) is 5.69 Å². The number of rotatable bonds is 7. The summed E-state index contributed by atoms with van der Waals surface area (Å²) < 4.78 is 11.9. The predicted octanol–water partition coefficient (Wildman–Crippen LogP) is 6.21. The highest BCUT2D eigenvalue weighted by atomic mass is 35.5. The smallest absolute Gasteiger partial charge is 0.253 e. The van der Waals surface area contributed by atoms with E-state index in [2.05, 4.69) is 31.7 Å². The summed E-state index contributed by atoms with van der Waals surface area (Å²) in [4.78, 5) is 17.6. The molecule has 0 aliphatic carbocycles. The van der Waals surface area contributed by atoms with Crippen molar-refractivity contribution in [1.82, 2.24) is 4.90 Å². The summed E-state index contributed by atoms with van der Waals surface area (Å²) in [5.41, 5.74) is 6.25. The number of carbonyl (C=O) groups excluding carboxylic acids is 1. The van der Waals surface area contributed by atoms with Crippen LogP contribution in [0, 0.1) is 20.8 Å². The van der Waals surface area contributed by atoms with E-state index >= 15 is 0 Å². The van der Waals surface area contributed by atoms with Crippen LogP contribution in [0.15, 0.2) is 54.6 Å². The van der Waals surface area contributed by atoms with Crippen LogP contribution in [0.25, 0.3) is 0 Å². The molecule has 1 saturated heterocycles. The van der Waals surface area contributed by atoms with Gasteiger partial charge in [0, 0.05) is 48.0 Å².